The average Bonchev–Trinajstić information content (AvgIpc) is 2.90. The Morgan fingerprint density at radius 2 is 1.13 bits per heavy atom. The van der Waals surface area contributed by atoms with Crippen molar-refractivity contribution in [3.63, 3.8) is 0 Å². The second kappa shape index (κ2) is 9.42. The molecule has 0 aromatic heterocycles. The van der Waals surface area contributed by atoms with E-state index in [4.69, 9.17) is 5.11 Å². The van der Waals surface area contributed by atoms with Gasteiger partial charge in [0.25, 0.3) is 0 Å². The molecule has 0 bridgehead atoms. The Kier molecular flexibility index (Phi) is 10.3. The van der Waals surface area contributed by atoms with E-state index in [9.17, 15) is 5.11 Å². The summed E-state index contributed by atoms with van der Waals surface area (Å²) in [6.45, 7) is 23.7. The van der Waals surface area contributed by atoms with Gasteiger partial charge in [-0.05, 0) is 61.7 Å². The fraction of sp³-hybridized carbons (Fsp3) is 1.00. The monoisotopic (exact) mass is 330 g/mol. The van der Waals surface area contributed by atoms with Gasteiger partial charge in [-0.15, -0.1) is 0 Å². The first-order valence-electron chi connectivity index (χ1n) is 9.21. The highest BCUT2D eigenvalue weighted by Gasteiger charge is 2.33. The Morgan fingerprint density at radius 3 is 1.13 bits per heavy atom. The molecule has 23 heavy (non-hydrogen) atoms. The topological polar surface area (TPSA) is 40.5 Å². The van der Waals surface area contributed by atoms with E-state index in [1.54, 1.807) is 0 Å². The molecular formula is C21H46O2. The van der Waals surface area contributed by atoms with E-state index in [0.717, 1.165) is 18.8 Å². The molecule has 142 valence electrons. The molecule has 0 unspecified atom stereocenters. The van der Waals surface area contributed by atoms with Crippen molar-refractivity contribution in [2.45, 2.75) is 107 Å². The maximum Gasteiger partial charge on any atom is 0.0596 e. The highest BCUT2D eigenvalue weighted by Crippen LogP contribution is 2.44. The summed E-state index contributed by atoms with van der Waals surface area (Å²) in [7, 11) is 0. The van der Waals surface area contributed by atoms with Gasteiger partial charge in [-0.25, -0.2) is 0 Å². The molecule has 0 heterocycles. The Labute approximate surface area is 147 Å². The van der Waals surface area contributed by atoms with Crippen molar-refractivity contribution in [3.8, 4) is 0 Å². The standard InChI is InChI=1S/C8H18O.C7H14.C6H14O/c1-7(2,3)6-8(4,5)9;1-7(2,3)6-4-5-6;1-6(2,3)4-5-7/h9H,6H2,1-5H3;6H,4-5H2,1-3H3;7H,4-5H2,1-3H3. The first-order valence-corrected chi connectivity index (χ1v) is 9.21. The largest absolute Gasteiger partial charge is 0.396 e. The molecule has 1 fully saturated rings. The van der Waals surface area contributed by atoms with E-state index in [-0.39, 0.29) is 5.41 Å². The van der Waals surface area contributed by atoms with Gasteiger partial charge >= 0.3 is 0 Å². The third-order valence-electron chi connectivity index (χ3n) is 3.63. The fourth-order valence-corrected chi connectivity index (χ4v) is 2.58. The number of aliphatic hydroxyl groups is 2. The quantitative estimate of drug-likeness (QED) is 0.647. The van der Waals surface area contributed by atoms with Crippen LogP contribution in [-0.2, 0) is 0 Å². The minimum absolute atomic E-state index is 0.234. The van der Waals surface area contributed by atoms with E-state index < -0.39 is 5.60 Å². The van der Waals surface area contributed by atoms with E-state index in [1.807, 2.05) is 13.8 Å². The van der Waals surface area contributed by atoms with E-state index in [2.05, 4.69) is 62.3 Å². The highest BCUT2D eigenvalue weighted by molar-refractivity contribution is 4.84. The molecule has 2 N–H and O–H groups in total. The normalized spacial score (nSPS) is 16.0. The van der Waals surface area contributed by atoms with Gasteiger partial charge in [-0.1, -0.05) is 62.3 Å². The first-order chi connectivity index (χ1) is 9.87. The van der Waals surface area contributed by atoms with Crippen LogP contribution in [-0.4, -0.2) is 22.4 Å². The van der Waals surface area contributed by atoms with Gasteiger partial charge < -0.3 is 10.2 Å². The second-order valence-electron chi connectivity index (χ2n) is 11.2. The molecule has 0 amide bonds. The Hall–Kier alpha value is -0.0800. The number of hydrogen-bond donors (Lipinski definition) is 2. The van der Waals surface area contributed by atoms with Crippen LogP contribution >= 0.6 is 0 Å². The van der Waals surface area contributed by atoms with E-state index >= 15 is 0 Å². The zero-order valence-corrected chi connectivity index (χ0v) is 18.0. The molecule has 1 rings (SSSR count). The molecule has 0 aliphatic heterocycles. The third-order valence-corrected chi connectivity index (χ3v) is 3.63. The van der Waals surface area contributed by atoms with Crippen LogP contribution in [0.15, 0.2) is 0 Å². The van der Waals surface area contributed by atoms with Crippen LogP contribution in [0.1, 0.15) is 102 Å². The van der Waals surface area contributed by atoms with Crippen LogP contribution in [0.5, 0.6) is 0 Å². The Bertz CT molecular complexity index is 276. The number of aliphatic hydroxyl groups excluding tert-OH is 1. The minimum atomic E-state index is -0.516. The van der Waals surface area contributed by atoms with Gasteiger partial charge in [-0.3, -0.25) is 0 Å². The molecule has 0 aromatic rings. The summed E-state index contributed by atoms with van der Waals surface area (Å²) in [5.74, 6) is 1.05. The van der Waals surface area contributed by atoms with Crippen LogP contribution < -0.4 is 0 Å². The number of rotatable bonds is 2. The molecule has 0 radical (unpaired) electrons. The molecule has 0 aromatic carbocycles. The SMILES string of the molecule is CC(C)(C)C1CC1.CC(C)(C)CC(C)(C)O.CC(C)(C)CCO. The number of hydrogen-bond acceptors (Lipinski definition) is 2. The molecule has 1 aliphatic rings. The predicted molar refractivity (Wildman–Crippen MR) is 104 cm³/mol. The average molecular weight is 331 g/mol. The van der Waals surface area contributed by atoms with Gasteiger partial charge in [-0.2, -0.15) is 0 Å². The summed E-state index contributed by atoms with van der Waals surface area (Å²) in [6.07, 6.45) is 4.69. The smallest absolute Gasteiger partial charge is 0.0596 e. The molecule has 1 saturated carbocycles. The minimum Gasteiger partial charge on any atom is -0.396 e. The summed E-state index contributed by atoms with van der Waals surface area (Å²) in [4.78, 5) is 0. The lowest BCUT2D eigenvalue weighted by Gasteiger charge is -2.27. The fourth-order valence-electron chi connectivity index (χ4n) is 2.58. The van der Waals surface area contributed by atoms with Crippen LogP contribution in [0.2, 0.25) is 0 Å². The second-order valence-corrected chi connectivity index (χ2v) is 11.2. The summed E-state index contributed by atoms with van der Waals surface area (Å²) in [5, 5.41) is 17.8. The van der Waals surface area contributed by atoms with Gasteiger partial charge in [0.2, 0.25) is 0 Å². The van der Waals surface area contributed by atoms with Crippen molar-refractivity contribution in [2.24, 2.45) is 22.2 Å². The van der Waals surface area contributed by atoms with E-state index in [0.29, 0.717) is 17.4 Å². The van der Waals surface area contributed by atoms with E-state index in [1.165, 1.54) is 12.8 Å². The third kappa shape index (κ3) is 24.3. The molecule has 0 spiro atoms. The van der Waals surface area contributed by atoms with Gasteiger partial charge in [0.05, 0.1) is 5.60 Å². The van der Waals surface area contributed by atoms with Gasteiger partial charge in [0, 0.05) is 6.61 Å². The molecule has 2 nitrogen and oxygen atoms in total. The highest BCUT2D eigenvalue weighted by atomic mass is 16.3. The van der Waals surface area contributed by atoms with Crippen molar-refractivity contribution in [3.05, 3.63) is 0 Å². The van der Waals surface area contributed by atoms with Crippen LogP contribution in [0.3, 0.4) is 0 Å². The van der Waals surface area contributed by atoms with Gasteiger partial charge in [0.15, 0.2) is 0 Å². The lowest BCUT2D eigenvalue weighted by molar-refractivity contribution is 0.0371. The van der Waals surface area contributed by atoms with Crippen LogP contribution in [0.4, 0.5) is 0 Å². The lowest BCUT2D eigenvalue weighted by atomic mass is 9.84. The first kappa shape index (κ1) is 25.2. The Balaban J connectivity index is 0. The predicted octanol–water partition coefficient (Wildman–Crippen LogP) is 6.05. The maximum absolute atomic E-state index is 9.35. The van der Waals surface area contributed by atoms with Crippen LogP contribution in [0.25, 0.3) is 0 Å². The summed E-state index contributed by atoms with van der Waals surface area (Å²) in [6, 6.07) is 0. The molecule has 0 atom stereocenters. The van der Waals surface area contributed by atoms with Crippen molar-refractivity contribution in [1.29, 1.82) is 0 Å². The maximum atomic E-state index is 9.35. The van der Waals surface area contributed by atoms with Crippen molar-refractivity contribution < 1.29 is 10.2 Å². The summed E-state index contributed by atoms with van der Waals surface area (Å²) < 4.78 is 0. The molecule has 0 saturated heterocycles. The molecule has 2 heteroatoms. The Morgan fingerprint density at radius 1 is 0.739 bits per heavy atom. The van der Waals surface area contributed by atoms with Crippen molar-refractivity contribution in [2.75, 3.05) is 6.61 Å². The van der Waals surface area contributed by atoms with Crippen LogP contribution in [0, 0.1) is 22.2 Å². The zero-order chi connectivity index (χ0) is 19.1. The lowest BCUT2D eigenvalue weighted by Crippen LogP contribution is -2.25. The van der Waals surface area contributed by atoms with Crippen molar-refractivity contribution >= 4 is 0 Å². The zero-order valence-electron chi connectivity index (χ0n) is 18.0. The summed E-state index contributed by atoms with van der Waals surface area (Å²) >= 11 is 0. The molecule has 1 aliphatic carbocycles. The summed E-state index contributed by atoms with van der Waals surface area (Å²) in [5.41, 5.74) is 0.630. The van der Waals surface area contributed by atoms with Crippen molar-refractivity contribution in [1.82, 2.24) is 0 Å². The molecular weight excluding hydrogens is 284 g/mol. The van der Waals surface area contributed by atoms with Gasteiger partial charge in [0.1, 0.15) is 0 Å².